The Balaban J connectivity index is 1.57. The second-order valence-corrected chi connectivity index (χ2v) is 6.61. The molecule has 0 unspecified atom stereocenters. The number of aromatic nitrogens is 2. The highest BCUT2D eigenvalue weighted by Crippen LogP contribution is 2.19. The summed E-state index contributed by atoms with van der Waals surface area (Å²) >= 11 is 0. The first-order chi connectivity index (χ1) is 11.6. The Kier molecular flexibility index (Phi) is 5.08. The summed E-state index contributed by atoms with van der Waals surface area (Å²) in [5.41, 5.74) is 2.77. The molecule has 5 nitrogen and oxygen atoms in total. The molecule has 1 aliphatic heterocycles. The lowest BCUT2D eigenvalue weighted by Gasteiger charge is -2.30. The Morgan fingerprint density at radius 2 is 1.96 bits per heavy atom. The second-order valence-electron chi connectivity index (χ2n) is 6.61. The minimum atomic E-state index is -0.143. The molecule has 0 bridgehead atoms. The van der Waals surface area contributed by atoms with Crippen molar-refractivity contribution in [1.29, 1.82) is 0 Å². The van der Waals surface area contributed by atoms with E-state index < -0.39 is 0 Å². The van der Waals surface area contributed by atoms with Crippen molar-refractivity contribution >= 4 is 11.9 Å². The lowest BCUT2D eigenvalue weighted by Crippen LogP contribution is -2.34. The number of rotatable bonds is 4. The van der Waals surface area contributed by atoms with E-state index in [1.807, 2.05) is 25.1 Å². The van der Waals surface area contributed by atoms with E-state index in [1.165, 1.54) is 18.4 Å². The zero-order chi connectivity index (χ0) is 16.9. The van der Waals surface area contributed by atoms with Crippen molar-refractivity contribution in [3.63, 3.8) is 0 Å². The molecule has 2 heterocycles. The van der Waals surface area contributed by atoms with Gasteiger partial charge in [-0.1, -0.05) is 36.8 Å². The van der Waals surface area contributed by atoms with E-state index in [1.54, 1.807) is 12.4 Å². The maximum atomic E-state index is 12.2. The molecule has 3 rings (SSSR count). The number of aryl methyl sites for hydroxylation is 1. The highest BCUT2D eigenvalue weighted by molar-refractivity contribution is 5.93. The highest BCUT2D eigenvalue weighted by Gasteiger charge is 2.18. The first kappa shape index (κ1) is 16.4. The quantitative estimate of drug-likeness (QED) is 0.939. The largest absolute Gasteiger partial charge is 0.348 e. The smallest absolute Gasteiger partial charge is 0.254 e. The standard InChI is InChI=1S/C19H24N4O/c1-14-6-8-23(9-7-14)19-21-12-17(13-22-19)18(24)20-11-16-5-3-4-15(2)10-16/h3-5,10,12-14H,6-9,11H2,1-2H3,(H,20,24). The van der Waals surface area contributed by atoms with Crippen LogP contribution in [-0.4, -0.2) is 29.0 Å². The summed E-state index contributed by atoms with van der Waals surface area (Å²) in [6.45, 7) is 6.80. The van der Waals surface area contributed by atoms with Crippen LogP contribution in [0.5, 0.6) is 0 Å². The summed E-state index contributed by atoms with van der Waals surface area (Å²) in [5, 5.41) is 2.91. The van der Waals surface area contributed by atoms with E-state index in [2.05, 4.69) is 33.2 Å². The minimum Gasteiger partial charge on any atom is -0.348 e. The molecule has 0 spiro atoms. The molecular formula is C19H24N4O. The maximum Gasteiger partial charge on any atom is 0.254 e. The van der Waals surface area contributed by atoms with Crippen molar-refractivity contribution in [3.8, 4) is 0 Å². The Labute approximate surface area is 143 Å². The summed E-state index contributed by atoms with van der Waals surface area (Å²) in [6.07, 6.45) is 5.57. The van der Waals surface area contributed by atoms with Crippen LogP contribution in [0.25, 0.3) is 0 Å². The Hall–Kier alpha value is -2.43. The SMILES string of the molecule is Cc1cccc(CNC(=O)c2cnc(N3CCC(C)CC3)nc2)c1. The van der Waals surface area contributed by atoms with Gasteiger partial charge in [-0.3, -0.25) is 4.79 Å². The predicted octanol–water partition coefficient (Wildman–Crippen LogP) is 2.95. The number of hydrogen-bond donors (Lipinski definition) is 1. The van der Waals surface area contributed by atoms with Crippen LogP contribution >= 0.6 is 0 Å². The molecule has 1 saturated heterocycles. The van der Waals surface area contributed by atoms with Crippen LogP contribution in [0.2, 0.25) is 0 Å². The summed E-state index contributed by atoms with van der Waals surface area (Å²) in [4.78, 5) is 23.2. The monoisotopic (exact) mass is 324 g/mol. The molecule has 24 heavy (non-hydrogen) atoms. The molecule has 1 N–H and O–H groups in total. The molecule has 5 heteroatoms. The molecule has 1 aromatic carbocycles. The lowest BCUT2D eigenvalue weighted by atomic mass is 10.00. The van der Waals surface area contributed by atoms with Gasteiger partial charge >= 0.3 is 0 Å². The van der Waals surface area contributed by atoms with Gasteiger partial charge in [0.1, 0.15) is 0 Å². The molecule has 1 fully saturated rings. The maximum absolute atomic E-state index is 12.2. The van der Waals surface area contributed by atoms with Crippen molar-refractivity contribution in [3.05, 3.63) is 53.3 Å². The van der Waals surface area contributed by atoms with Gasteiger partial charge in [-0.15, -0.1) is 0 Å². The third-order valence-corrected chi connectivity index (χ3v) is 4.50. The first-order valence-corrected chi connectivity index (χ1v) is 8.52. The zero-order valence-corrected chi connectivity index (χ0v) is 14.3. The van der Waals surface area contributed by atoms with Crippen LogP contribution < -0.4 is 10.2 Å². The zero-order valence-electron chi connectivity index (χ0n) is 14.3. The molecular weight excluding hydrogens is 300 g/mol. The van der Waals surface area contributed by atoms with Crippen molar-refractivity contribution in [2.24, 2.45) is 5.92 Å². The van der Waals surface area contributed by atoms with Gasteiger partial charge in [0, 0.05) is 32.0 Å². The molecule has 1 aliphatic rings. The van der Waals surface area contributed by atoms with Crippen molar-refractivity contribution < 1.29 is 4.79 Å². The Morgan fingerprint density at radius 3 is 2.62 bits per heavy atom. The topological polar surface area (TPSA) is 58.1 Å². The number of amides is 1. The van der Waals surface area contributed by atoms with Gasteiger partial charge in [0.15, 0.2) is 0 Å². The lowest BCUT2D eigenvalue weighted by molar-refractivity contribution is 0.0950. The average Bonchev–Trinajstić information content (AvgIpc) is 2.61. The number of hydrogen-bond acceptors (Lipinski definition) is 4. The van der Waals surface area contributed by atoms with E-state index >= 15 is 0 Å². The van der Waals surface area contributed by atoms with Crippen molar-refractivity contribution in [2.45, 2.75) is 33.2 Å². The summed E-state index contributed by atoms with van der Waals surface area (Å²) in [5.74, 6) is 1.35. The van der Waals surface area contributed by atoms with Gasteiger partial charge in [-0.2, -0.15) is 0 Å². The summed E-state index contributed by atoms with van der Waals surface area (Å²) < 4.78 is 0. The molecule has 0 saturated carbocycles. The number of piperidine rings is 1. The fraction of sp³-hybridized carbons (Fsp3) is 0.421. The Bertz CT molecular complexity index is 691. The fourth-order valence-corrected chi connectivity index (χ4v) is 2.92. The van der Waals surface area contributed by atoms with Gasteiger partial charge < -0.3 is 10.2 Å². The van der Waals surface area contributed by atoms with Crippen LogP contribution in [0.15, 0.2) is 36.7 Å². The number of nitrogens with zero attached hydrogens (tertiary/aromatic N) is 3. The fourth-order valence-electron chi connectivity index (χ4n) is 2.92. The number of anilines is 1. The van der Waals surface area contributed by atoms with E-state index in [-0.39, 0.29) is 5.91 Å². The molecule has 0 atom stereocenters. The molecule has 0 radical (unpaired) electrons. The van der Waals surface area contributed by atoms with E-state index in [4.69, 9.17) is 0 Å². The summed E-state index contributed by atoms with van der Waals surface area (Å²) in [7, 11) is 0. The minimum absolute atomic E-state index is 0.143. The van der Waals surface area contributed by atoms with Crippen LogP contribution in [0.4, 0.5) is 5.95 Å². The van der Waals surface area contributed by atoms with Crippen LogP contribution in [0, 0.1) is 12.8 Å². The van der Waals surface area contributed by atoms with Crippen LogP contribution in [0.3, 0.4) is 0 Å². The molecule has 1 amide bonds. The van der Waals surface area contributed by atoms with E-state index in [0.29, 0.717) is 12.1 Å². The van der Waals surface area contributed by atoms with Gasteiger partial charge in [-0.05, 0) is 31.2 Å². The first-order valence-electron chi connectivity index (χ1n) is 8.52. The van der Waals surface area contributed by atoms with Crippen LogP contribution in [0.1, 0.15) is 41.3 Å². The normalized spacial score (nSPS) is 15.3. The van der Waals surface area contributed by atoms with Gasteiger partial charge in [-0.25, -0.2) is 9.97 Å². The number of benzene rings is 1. The molecule has 0 aliphatic carbocycles. The highest BCUT2D eigenvalue weighted by atomic mass is 16.1. The number of nitrogens with one attached hydrogen (secondary N) is 1. The third-order valence-electron chi connectivity index (χ3n) is 4.50. The van der Waals surface area contributed by atoms with Crippen molar-refractivity contribution in [2.75, 3.05) is 18.0 Å². The molecule has 1 aromatic heterocycles. The predicted molar refractivity (Wildman–Crippen MR) is 95.0 cm³/mol. The third kappa shape index (κ3) is 4.10. The number of carbonyl (C=O) groups is 1. The number of carbonyl (C=O) groups excluding carboxylic acids is 1. The van der Waals surface area contributed by atoms with E-state index in [9.17, 15) is 4.79 Å². The van der Waals surface area contributed by atoms with Gasteiger partial charge in [0.25, 0.3) is 5.91 Å². The second kappa shape index (κ2) is 7.43. The van der Waals surface area contributed by atoms with E-state index in [0.717, 1.165) is 30.5 Å². The molecule has 126 valence electrons. The van der Waals surface area contributed by atoms with Gasteiger partial charge in [0.05, 0.1) is 5.56 Å². The Morgan fingerprint density at radius 1 is 1.25 bits per heavy atom. The average molecular weight is 324 g/mol. The molecule has 2 aromatic rings. The van der Waals surface area contributed by atoms with Crippen molar-refractivity contribution in [1.82, 2.24) is 15.3 Å². The van der Waals surface area contributed by atoms with Crippen LogP contribution in [-0.2, 0) is 6.54 Å². The van der Waals surface area contributed by atoms with Gasteiger partial charge in [0.2, 0.25) is 5.95 Å². The summed E-state index contributed by atoms with van der Waals surface area (Å²) in [6, 6.07) is 8.11.